The second-order valence-corrected chi connectivity index (χ2v) is 5.23. The van der Waals surface area contributed by atoms with Gasteiger partial charge in [-0.2, -0.15) is 11.8 Å². The molecule has 1 aliphatic heterocycles. The van der Waals surface area contributed by atoms with Crippen LogP contribution < -0.4 is 5.32 Å². The Kier molecular flexibility index (Phi) is 4.20. The van der Waals surface area contributed by atoms with Gasteiger partial charge in [-0.15, -0.1) is 0 Å². The van der Waals surface area contributed by atoms with Crippen LogP contribution in [0, 0.1) is 10.1 Å². The van der Waals surface area contributed by atoms with Crippen molar-refractivity contribution in [3.63, 3.8) is 0 Å². The van der Waals surface area contributed by atoms with Crippen LogP contribution in [0.3, 0.4) is 0 Å². The van der Waals surface area contributed by atoms with Crippen LogP contribution in [-0.4, -0.2) is 52.4 Å². The standard InChI is InChI=1S/C11H14N4O3S/c1-12-10-9(6-8(7-13-10)15(17)18)11(16)14-2-4-19-5-3-14/h6-7H,2-5H2,1H3,(H,12,13). The van der Waals surface area contributed by atoms with Crippen LogP contribution in [0.4, 0.5) is 11.5 Å². The largest absolute Gasteiger partial charge is 0.372 e. The van der Waals surface area contributed by atoms with E-state index < -0.39 is 4.92 Å². The predicted molar refractivity (Wildman–Crippen MR) is 73.7 cm³/mol. The fraction of sp³-hybridized carbons (Fsp3) is 0.455. The maximum Gasteiger partial charge on any atom is 0.288 e. The van der Waals surface area contributed by atoms with Crippen molar-refractivity contribution in [1.29, 1.82) is 0 Å². The van der Waals surface area contributed by atoms with Crippen LogP contribution in [0.5, 0.6) is 0 Å². The molecule has 0 saturated carbocycles. The molecule has 1 aromatic rings. The van der Waals surface area contributed by atoms with E-state index in [1.807, 2.05) is 0 Å². The van der Waals surface area contributed by atoms with E-state index in [0.717, 1.165) is 17.7 Å². The molecule has 102 valence electrons. The number of aromatic nitrogens is 1. The number of anilines is 1. The summed E-state index contributed by atoms with van der Waals surface area (Å²) < 4.78 is 0. The third-order valence-corrected chi connectivity index (χ3v) is 3.79. The predicted octanol–water partition coefficient (Wildman–Crippen LogP) is 1.22. The second kappa shape index (κ2) is 5.87. The smallest absolute Gasteiger partial charge is 0.288 e. The number of carbonyl (C=O) groups is 1. The van der Waals surface area contributed by atoms with E-state index in [1.54, 1.807) is 23.7 Å². The highest BCUT2D eigenvalue weighted by molar-refractivity contribution is 7.99. The summed E-state index contributed by atoms with van der Waals surface area (Å²) in [5.74, 6) is 1.95. The lowest BCUT2D eigenvalue weighted by Crippen LogP contribution is -2.38. The summed E-state index contributed by atoms with van der Waals surface area (Å²) >= 11 is 1.80. The number of amides is 1. The molecular formula is C11H14N4O3S. The molecule has 1 aromatic heterocycles. The summed E-state index contributed by atoms with van der Waals surface area (Å²) in [5, 5.41) is 13.6. The van der Waals surface area contributed by atoms with Gasteiger partial charge in [0.2, 0.25) is 0 Å². The summed E-state index contributed by atoms with van der Waals surface area (Å²) in [6.45, 7) is 1.32. The minimum absolute atomic E-state index is 0.172. The summed E-state index contributed by atoms with van der Waals surface area (Å²) in [4.78, 5) is 28.2. The molecule has 0 atom stereocenters. The van der Waals surface area contributed by atoms with Gasteiger partial charge < -0.3 is 10.2 Å². The number of nitro groups is 1. The Morgan fingerprint density at radius 3 is 2.79 bits per heavy atom. The molecule has 1 N–H and O–H groups in total. The van der Waals surface area contributed by atoms with Crippen LogP contribution in [0.15, 0.2) is 12.3 Å². The number of hydrogen-bond acceptors (Lipinski definition) is 6. The summed E-state index contributed by atoms with van der Waals surface area (Å²) in [7, 11) is 1.64. The molecule has 0 radical (unpaired) electrons. The Hall–Kier alpha value is -1.83. The zero-order chi connectivity index (χ0) is 13.8. The van der Waals surface area contributed by atoms with Crippen LogP contribution in [0.2, 0.25) is 0 Å². The average molecular weight is 282 g/mol. The number of pyridine rings is 1. The molecule has 0 aliphatic carbocycles. The van der Waals surface area contributed by atoms with Crippen molar-refractivity contribution in [2.45, 2.75) is 0 Å². The lowest BCUT2D eigenvalue weighted by Gasteiger charge is -2.26. The molecule has 0 unspecified atom stereocenters. The summed E-state index contributed by atoms with van der Waals surface area (Å²) in [5.41, 5.74) is 0.0809. The third kappa shape index (κ3) is 2.95. The molecular weight excluding hydrogens is 268 g/mol. The zero-order valence-electron chi connectivity index (χ0n) is 10.5. The molecule has 0 spiro atoms. The molecule has 1 aliphatic rings. The van der Waals surface area contributed by atoms with Crippen LogP contribution in [-0.2, 0) is 0 Å². The normalized spacial score (nSPS) is 15.1. The maximum atomic E-state index is 12.4. The highest BCUT2D eigenvalue weighted by atomic mass is 32.2. The molecule has 7 nitrogen and oxygen atoms in total. The Labute approximate surface area is 114 Å². The zero-order valence-corrected chi connectivity index (χ0v) is 11.3. The molecule has 1 fully saturated rings. The third-order valence-electron chi connectivity index (χ3n) is 2.85. The molecule has 2 rings (SSSR count). The monoisotopic (exact) mass is 282 g/mol. The Morgan fingerprint density at radius 1 is 1.53 bits per heavy atom. The average Bonchev–Trinajstić information content (AvgIpc) is 2.46. The van der Waals surface area contributed by atoms with Gasteiger partial charge >= 0.3 is 0 Å². The van der Waals surface area contributed by atoms with Gasteiger partial charge in [-0.1, -0.05) is 0 Å². The lowest BCUT2D eigenvalue weighted by molar-refractivity contribution is -0.385. The number of rotatable bonds is 3. The highest BCUT2D eigenvalue weighted by Gasteiger charge is 2.23. The molecule has 19 heavy (non-hydrogen) atoms. The number of thioether (sulfide) groups is 1. The Bertz CT molecular complexity index is 503. The van der Waals surface area contributed by atoms with Crippen molar-refractivity contribution in [2.24, 2.45) is 0 Å². The SMILES string of the molecule is CNc1ncc([N+](=O)[O-])cc1C(=O)N1CCSCC1. The maximum absolute atomic E-state index is 12.4. The van der Waals surface area contributed by atoms with Gasteiger partial charge in [0, 0.05) is 37.7 Å². The van der Waals surface area contributed by atoms with E-state index in [-0.39, 0.29) is 17.2 Å². The first-order valence-corrected chi connectivity index (χ1v) is 6.98. The minimum atomic E-state index is -0.546. The number of carbonyl (C=O) groups excluding carboxylic acids is 1. The van der Waals surface area contributed by atoms with Gasteiger partial charge in [-0.05, 0) is 0 Å². The van der Waals surface area contributed by atoms with Crippen LogP contribution >= 0.6 is 11.8 Å². The van der Waals surface area contributed by atoms with E-state index >= 15 is 0 Å². The Balaban J connectivity index is 2.32. The van der Waals surface area contributed by atoms with Gasteiger partial charge in [0.15, 0.2) is 0 Å². The van der Waals surface area contributed by atoms with Crippen molar-refractivity contribution < 1.29 is 9.72 Å². The topological polar surface area (TPSA) is 88.4 Å². The van der Waals surface area contributed by atoms with E-state index in [1.165, 1.54) is 6.07 Å². The highest BCUT2D eigenvalue weighted by Crippen LogP contribution is 2.22. The van der Waals surface area contributed by atoms with Crippen LogP contribution in [0.25, 0.3) is 0 Å². The summed E-state index contributed by atoms with van der Waals surface area (Å²) in [6.07, 6.45) is 1.15. The molecule has 2 heterocycles. The number of nitrogens with zero attached hydrogens (tertiary/aromatic N) is 3. The van der Waals surface area contributed by atoms with Crippen molar-refractivity contribution in [3.8, 4) is 0 Å². The van der Waals surface area contributed by atoms with Crippen molar-refractivity contribution in [1.82, 2.24) is 9.88 Å². The van der Waals surface area contributed by atoms with E-state index in [9.17, 15) is 14.9 Å². The minimum Gasteiger partial charge on any atom is -0.372 e. The van der Waals surface area contributed by atoms with E-state index in [4.69, 9.17) is 0 Å². The fourth-order valence-corrected chi connectivity index (χ4v) is 2.76. The first-order chi connectivity index (χ1) is 9.13. The molecule has 1 saturated heterocycles. The fourth-order valence-electron chi connectivity index (χ4n) is 1.85. The summed E-state index contributed by atoms with van der Waals surface area (Å²) in [6, 6.07) is 1.28. The van der Waals surface area contributed by atoms with Crippen molar-refractivity contribution >= 4 is 29.2 Å². The molecule has 0 bridgehead atoms. The van der Waals surface area contributed by atoms with E-state index in [0.29, 0.717) is 18.9 Å². The van der Waals surface area contributed by atoms with Crippen LogP contribution in [0.1, 0.15) is 10.4 Å². The Morgan fingerprint density at radius 2 is 2.21 bits per heavy atom. The quantitative estimate of drug-likeness (QED) is 0.662. The molecule has 8 heteroatoms. The molecule has 1 amide bonds. The van der Waals surface area contributed by atoms with Gasteiger partial charge in [0.1, 0.15) is 12.0 Å². The first kappa shape index (κ1) is 13.6. The van der Waals surface area contributed by atoms with E-state index in [2.05, 4.69) is 10.3 Å². The van der Waals surface area contributed by atoms with Gasteiger partial charge in [-0.3, -0.25) is 14.9 Å². The second-order valence-electron chi connectivity index (χ2n) is 4.00. The molecule has 0 aromatic carbocycles. The number of hydrogen-bond donors (Lipinski definition) is 1. The van der Waals surface area contributed by atoms with Crippen molar-refractivity contribution in [3.05, 3.63) is 27.9 Å². The number of nitrogens with one attached hydrogen (secondary N) is 1. The van der Waals surface area contributed by atoms with Gasteiger partial charge in [0.05, 0.1) is 10.5 Å². The van der Waals surface area contributed by atoms with Gasteiger partial charge in [0.25, 0.3) is 11.6 Å². The van der Waals surface area contributed by atoms with Crippen molar-refractivity contribution in [2.75, 3.05) is 37.0 Å². The first-order valence-electron chi connectivity index (χ1n) is 5.82. The van der Waals surface area contributed by atoms with Gasteiger partial charge in [-0.25, -0.2) is 4.98 Å². The lowest BCUT2D eigenvalue weighted by atomic mass is 10.2.